The summed E-state index contributed by atoms with van der Waals surface area (Å²) in [6.07, 6.45) is 0.359. The maximum Gasteiger partial charge on any atom is 0.419 e. The third-order valence-corrected chi connectivity index (χ3v) is 7.80. The van der Waals surface area contributed by atoms with Gasteiger partial charge in [-0.2, -0.15) is 18.4 Å². The van der Waals surface area contributed by atoms with Gasteiger partial charge < -0.3 is 14.4 Å². The van der Waals surface area contributed by atoms with E-state index in [1.807, 2.05) is 0 Å². The summed E-state index contributed by atoms with van der Waals surface area (Å²) in [6.45, 7) is 1.79. The van der Waals surface area contributed by atoms with Crippen molar-refractivity contribution in [2.45, 2.75) is 50.2 Å². The largest absolute Gasteiger partial charge is 0.491 e. The Morgan fingerprint density at radius 3 is 2.55 bits per heavy atom. The summed E-state index contributed by atoms with van der Waals surface area (Å²) in [6, 6.07) is 6.41. The predicted molar refractivity (Wildman–Crippen MR) is 133 cm³/mol. The van der Waals surface area contributed by atoms with Gasteiger partial charge in [0.15, 0.2) is 22.4 Å². The number of carbonyl (C=O) groups is 1. The van der Waals surface area contributed by atoms with Gasteiger partial charge >= 0.3 is 6.18 Å². The number of pyridine rings is 1. The van der Waals surface area contributed by atoms with Gasteiger partial charge in [-0.05, 0) is 74.9 Å². The number of nitriles is 1. The topological polar surface area (TPSA) is 78.7 Å². The monoisotopic (exact) mass is 548 g/mol. The van der Waals surface area contributed by atoms with Crippen LogP contribution in [0.3, 0.4) is 0 Å². The molecule has 0 radical (unpaired) electrons. The summed E-state index contributed by atoms with van der Waals surface area (Å²) in [7, 11) is 0. The molecule has 0 bridgehead atoms. The van der Waals surface area contributed by atoms with Crippen molar-refractivity contribution in [1.82, 2.24) is 4.98 Å². The van der Waals surface area contributed by atoms with Crippen LogP contribution >= 0.6 is 12.2 Å². The van der Waals surface area contributed by atoms with Crippen LogP contribution in [-0.4, -0.2) is 41.4 Å². The van der Waals surface area contributed by atoms with Crippen LogP contribution in [-0.2, 0) is 15.7 Å². The van der Waals surface area contributed by atoms with E-state index in [0.29, 0.717) is 43.5 Å². The molecular weight excluding hydrogens is 524 g/mol. The minimum atomic E-state index is -4.85. The molecule has 5 rings (SSSR count). The predicted octanol–water partition coefficient (Wildman–Crippen LogP) is 5.37. The lowest BCUT2D eigenvalue weighted by molar-refractivity contribution is -0.138. The van der Waals surface area contributed by atoms with Gasteiger partial charge in [-0.25, -0.2) is 9.37 Å². The summed E-state index contributed by atoms with van der Waals surface area (Å²) >= 11 is 5.56. The van der Waals surface area contributed by atoms with Crippen molar-refractivity contribution in [2.75, 3.05) is 29.6 Å². The van der Waals surface area contributed by atoms with E-state index in [1.165, 1.54) is 23.1 Å². The molecule has 3 fully saturated rings. The molecule has 1 saturated carbocycles. The first-order valence-electron chi connectivity index (χ1n) is 12.3. The summed E-state index contributed by atoms with van der Waals surface area (Å²) in [4.78, 5) is 19.7. The minimum Gasteiger partial charge on any atom is -0.491 e. The van der Waals surface area contributed by atoms with E-state index < -0.39 is 34.7 Å². The van der Waals surface area contributed by atoms with Gasteiger partial charge in [0.1, 0.15) is 11.6 Å². The van der Waals surface area contributed by atoms with Gasteiger partial charge in [0.05, 0.1) is 24.1 Å². The van der Waals surface area contributed by atoms with Crippen molar-refractivity contribution in [1.29, 1.82) is 5.26 Å². The van der Waals surface area contributed by atoms with Crippen LogP contribution in [0.2, 0.25) is 0 Å². The number of aromatic nitrogens is 1. The first-order valence-corrected chi connectivity index (χ1v) is 12.7. The summed E-state index contributed by atoms with van der Waals surface area (Å²) in [5, 5.41) is 8.97. The average Bonchev–Trinajstić information content (AvgIpc) is 3.11. The normalized spacial score (nSPS) is 19.6. The van der Waals surface area contributed by atoms with Crippen molar-refractivity contribution in [3.05, 3.63) is 47.5 Å². The Morgan fingerprint density at radius 2 is 1.95 bits per heavy atom. The zero-order chi connectivity index (χ0) is 27.1. The lowest BCUT2D eigenvalue weighted by Crippen LogP contribution is -2.55. The molecule has 3 heterocycles. The van der Waals surface area contributed by atoms with E-state index in [4.69, 9.17) is 27.0 Å². The Morgan fingerprint density at radius 1 is 1.21 bits per heavy atom. The highest BCUT2D eigenvalue weighted by Crippen LogP contribution is 2.48. The molecule has 1 aromatic carbocycles. The van der Waals surface area contributed by atoms with E-state index in [9.17, 15) is 18.0 Å². The van der Waals surface area contributed by atoms with Crippen LogP contribution < -0.4 is 14.5 Å². The van der Waals surface area contributed by atoms with E-state index in [2.05, 4.69) is 4.98 Å². The lowest BCUT2D eigenvalue weighted by atomic mass is 9.75. The molecule has 7 nitrogen and oxygen atoms in total. The number of ether oxygens (including phenoxy) is 2. The van der Waals surface area contributed by atoms with Crippen LogP contribution in [0.5, 0.6) is 5.75 Å². The standard InChI is InChI=1S/C26H24F4N4O3S/c27-20-13-17(2-3-22(20)37-11-6-16-4-9-36-10-5-16)34-24(38)33(23(35)25(34)7-1-8-25)18-12-19(26(28,29)30)21(14-31)32-15-18/h2-3,12-13,15-16H,1,4-11H2. The molecular formula is C26H24F4N4O3S. The van der Waals surface area contributed by atoms with Crippen molar-refractivity contribution in [2.24, 2.45) is 5.92 Å². The number of carbonyl (C=O) groups excluding carboxylic acids is 1. The SMILES string of the molecule is N#Cc1ncc(N2C(=O)C3(CCC3)N(c3ccc(OCCC4CCOCC4)c(F)c3)C2=S)cc1C(F)(F)F. The Balaban J connectivity index is 1.40. The van der Waals surface area contributed by atoms with E-state index in [-0.39, 0.29) is 16.5 Å². The number of anilines is 2. The highest BCUT2D eigenvalue weighted by Gasteiger charge is 2.60. The van der Waals surface area contributed by atoms with Gasteiger partial charge in [0.25, 0.3) is 5.91 Å². The number of hydrogen-bond acceptors (Lipinski definition) is 6. The molecule has 2 saturated heterocycles. The van der Waals surface area contributed by atoms with Crippen LogP contribution in [0.15, 0.2) is 30.5 Å². The highest BCUT2D eigenvalue weighted by molar-refractivity contribution is 7.81. The second-order valence-corrected chi connectivity index (χ2v) is 10.0. The molecule has 2 aromatic rings. The third kappa shape index (κ3) is 4.58. The quantitative estimate of drug-likeness (QED) is 0.355. The molecule has 0 unspecified atom stereocenters. The number of amides is 1. The highest BCUT2D eigenvalue weighted by atomic mass is 32.1. The maximum absolute atomic E-state index is 15.1. The van der Waals surface area contributed by atoms with Crippen LogP contribution in [0.1, 0.15) is 49.8 Å². The number of thiocarbonyl (C=S) groups is 1. The number of hydrogen-bond donors (Lipinski definition) is 0. The molecule has 2 aliphatic heterocycles. The Kier molecular flexibility index (Phi) is 7.00. The van der Waals surface area contributed by atoms with E-state index >= 15 is 4.39 Å². The van der Waals surface area contributed by atoms with Crippen molar-refractivity contribution in [3.8, 4) is 11.8 Å². The number of halogens is 4. The molecule has 12 heteroatoms. The zero-order valence-electron chi connectivity index (χ0n) is 20.3. The van der Waals surface area contributed by atoms with Crippen LogP contribution in [0, 0.1) is 23.1 Å². The number of rotatable bonds is 6. The molecule has 1 aliphatic carbocycles. The Hall–Kier alpha value is -3.30. The molecule has 1 amide bonds. The molecule has 3 aliphatic rings. The smallest absolute Gasteiger partial charge is 0.419 e. The minimum absolute atomic E-state index is 0.0721. The van der Waals surface area contributed by atoms with Gasteiger partial charge in [-0.15, -0.1) is 0 Å². The van der Waals surface area contributed by atoms with Crippen molar-refractivity contribution in [3.63, 3.8) is 0 Å². The molecule has 1 aromatic heterocycles. The first kappa shape index (κ1) is 26.3. The van der Waals surface area contributed by atoms with E-state index in [1.54, 1.807) is 6.07 Å². The van der Waals surface area contributed by atoms with Crippen LogP contribution in [0.25, 0.3) is 0 Å². The Bertz CT molecular complexity index is 1300. The molecule has 38 heavy (non-hydrogen) atoms. The van der Waals surface area contributed by atoms with Gasteiger partial charge in [0, 0.05) is 25.0 Å². The first-order chi connectivity index (χ1) is 18.2. The lowest BCUT2D eigenvalue weighted by Gasteiger charge is -2.43. The second kappa shape index (κ2) is 10.1. The second-order valence-electron chi connectivity index (χ2n) is 9.65. The molecule has 0 N–H and O–H groups in total. The van der Waals surface area contributed by atoms with Crippen LogP contribution in [0.4, 0.5) is 28.9 Å². The number of alkyl halides is 3. The number of benzene rings is 1. The summed E-state index contributed by atoms with van der Waals surface area (Å²) in [5.74, 6) is -0.594. The van der Waals surface area contributed by atoms with Crippen molar-refractivity contribution >= 4 is 34.6 Å². The number of nitrogens with zero attached hydrogens (tertiary/aromatic N) is 4. The molecule has 200 valence electrons. The fraction of sp³-hybridized carbons (Fsp3) is 0.462. The maximum atomic E-state index is 15.1. The van der Waals surface area contributed by atoms with Gasteiger partial charge in [-0.3, -0.25) is 9.69 Å². The zero-order valence-corrected chi connectivity index (χ0v) is 21.1. The summed E-state index contributed by atoms with van der Waals surface area (Å²) < 4.78 is 66.7. The van der Waals surface area contributed by atoms with Gasteiger partial charge in [0.2, 0.25) is 0 Å². The molecule has 1 spiro atoms. The molecule has 0 atom stereocenters. The van der Waals surface area contributed by atoms with E-state index in [0.717, 1.165) is 43.6 Å². The third-order valence-electron chi connectivity index (χ3n) is 7.43. The Labute approximate surface area is 221 Å². The average molecular weight is 549 g/mol. The van der Waals surface area contributed by atoms with Gasteiger partial charge in [-0.1, -0.05) is 0 Å². The fourth-order valence-corrected chi connectivity index (χ4v) is 5.67. The van der Waals surface area contributed by atoms with Crippen molar-refractivity contribution < 1.29 is 31.8 Å². The fourth-order valence-electron chi connectivity index (χ4n) is 5.21. The summed E-state index contributed by atoms with van der Waals surface area (Å²) in [5.41, 5.74) is -3.08.